The Morgan fingerprint density at radius 3 is 2.05 bits per heavy atom. The Hall–Kier alpha value is -0.210. The van der Waals surface area contributed by atoms with Gasteiger partial charge < -0.3 is 10.1 Å². The van der Waals surface area contributed by atoms with Crippen molar-refractivity contribution in [3.05, 3.63) is 0 Å². The Labute approximate surface area is 110 Å². The number of rotatable bonds is 2. The lowest BCUT2D eigenvalue weighted by molar-refractivity contribution is -0.800. The lowest BCUT2D eigenvalue weighted by Gasteiger charge is -2.39. The molecule has 1 aliphatic heterocycles. The van der Waals surface area contributed by atoms with Gasteiger partial charge in [-0.15, -0.1) is 11.6 Å². The first-order valence-electron chi connectivity index (χ1n) is 5.81. The number of quaternary nitrogens is 1. The van der Waals surface area contributed by atoms with E-state index in [-0.39, 0.29) is 13.0 Å². The van der Waals surface area contributed by atoms with E-state index in [2.05, 4.69) is 0 Å². The van der Waals surface area contributed by atoms with Crippen LogP contribution in [0.2, 0.25) is 0 Å². The van der Waals surface area contributed by atoms with Gasteiger partial charge in [0.15, 0.2) is 0 Å². The molecule has 2 rings (SSSR count). The first kappa shape index (κ1) is 15.2. The van der Waals surface area contributed by atoms with Crippen LogP contribution in [0.5, 0.6) is 0 Å². The summed E-state index contributed by atoms with van der Waals surface area (Å²) in [7, 11) is 0. The first-order chi connectivity index (χ1) is 8.56. The van der Waals surface area contributed by atoms with Gasteiger partial charge in [0, 0.05) is 6.61 Å². The zero-order valence-corrected chi connectivity index (χ0v) is 10.6. The molecule has 4 atom stereocenters. The minimum absolute atomic E-state index is 0.233. The van der Waals surface area contributed by atoms with E-state index in [9.17, 15) is 26.3 Å². The summed E-state index contributed by atoms with van der Waals surface area (Å²) in [5.74, 6) is -1.71. The Bertz CT molecular complexity index is 343. The minimum atomic E-state index is -5.39. The highest BCUT2D eigenvalue weighted by Crippen LogP contribution is 2.54. The van der Waals surface area contributed by atoms with Gasteiger partial charge in [-0.2, -0.15) is 26.3 Å². The highest BCUT2D eigenvalue weighted by molar-refractivity contribution is 6.21. The highest BCUT2D eigenvalue weighted by atomic mass is 35.5. The number of hydrogen-bond acceptors (Lipinski definition) is 1. The van der Waals surface area contributed by atoms with Gasteiger partial charge in [-0.3, -0.25) is 0 Å². The molecule has 0 amide bonds. The van der Waals surface area contributed by atoms with E-state index in [1.807, 2.05) is 0 Å². The fraction of sp³-hybridized carbons (Fsp3) is 1.00. The second kappa shape index (κ2) is 4.39. The van der Waals surface area contributed by atoms with Gasteiger partial charge in [-0.05, 0) is 13.3 Å². The summed E-state index contributed by atoms with van der Waals surface area (Å²) >= 11 is 5.79. The molecule has 112 valence electrons. The first-order valence-corrected chi connectivity index (χ1v) is 6.25. The molecule has 0 aromatic carbocycles. The number of halogens is 7. The van der Waals surface area contributed by atoms with Crippen molar-refractivity contribution >= 4 is 11.6 Å². The molecule has 0 spiro atoms. The largest absolute Gasteiger partial charge is 0.454 e. The Balaban J connectivity index is 2.37. The zero-order valence-electron chi connectivity index (χ0n) is 9.85. The van der Waals surface area contributed by atoms with E-state index in [0.717, 1.165) is 0 Å². The molecule has 0 aromatic rings. The number of alkyl halides is 7. The highest BCUT2D eigenvalue weighted by Gasteiger charge is 2.85. The second-order valence-electron chi connectivity index (χ2n) is 4.89. The number of piperidine rings is 1. The Morgan fingerprint density at radius 1 is 1.21 bits per heavy atom. The molecule has 0 radical (unpaired) electrons. The molecule has 9 heteroatoms. The molecule has 1 aliphatic carbocycles. The fourth-order valence-electron chi connectivity index (χ4n) is 3.24. The number of fused-ring (bicyclic) bond motifs is 2. The van der Waals surface area contributed by atoms with Gasteiger partial charge in [0.25, 0.3) is 5.54 Å². The van der Waals surface area contributed by atoms with Crippen molar-refractivity contribution < 1.29 is 36.4 Å². The van der Waals surface area contributed by atoms with Crippen LogP contribution in [-0.2, 0) is 4.74 Å². The van der Waals surface area contributed by atoms with Crippen LogP contribution < -0.4 is 5.32 Å². The molecule has 2 N–H and O–H groups in total. The molecule has 1 heterocycles. The number of nitrogens with two attached hydrogens (primary N) is 1. The van der Waals surface area contributed by atoms with Crippen molar-refractivity contribution in [2.75, 3.05) is 6.61 Å². The summed E-state index contributed by atoms with van der Waals surface area (Å²) in [6.07, 6.45) is -11.8. The summed E-state index contributed by atoms with van der Waals surface area (Å²) in [5.41, 5.74) is -3.80. The van der Waals surface area contributed by atoms with Crippen LogP contribution in [0.1, 0.15) is 13.3 Å². The van der Waals surface area contributed by atoms with E-state index < -0.39 is 41.3 Å². The molecule has 1 saturated heterocycles. The van der Waals surface area contributed by atoms with E-state index in [1.54, 1.807) is 6.92 Å². The second-order valence-corrected chi connectivity index (χ2v) is 5.39. The number of hydrogen-bond donors (Lipinski definition) is 1. The van der Waals surface area contributed by atoms with E-state index in [4.69, 9.17) is 16.3 Å². The van der Waals surface area contributed by atoms with Gasteiger partial charge in [0.05, 0.1) is 11.3 Å². The Morgan fingerprint density at radius 2 is 1.74 bits per heavy atom. The predicted octanol–water partition coefficient (Wildman–Crippen LogP) is 1.83. The molecular formula is C10H13ClF6NO+. The number of ether oxygens (including phenoxy) is 1. The van der Waals surface area contributed by atoms with Gasteiger partial charge in [-0.1, -0.05) is 0 Å². The fourth-order valence-corrected chi connectivity index (χ4v) is 3.77. The average molecular weight is 313 g/mol. The SMILES string of the molecule is CCO[C@H]1C[C@H]2[C@H](Cl)[C@@H]1[NH2+]C2(C(F)(F)F)C(F)(F)F. The molecule has 2 aliphatic rings. The third-order valence-electron chi connectivity index (χ3n) is 4.03. The lowest BCUT2D eigenvalue weighted by atomic mass is 9.82. The monoisotopic (exact) mass is 312 g/mol. The summed E-state index contributed by atoms with van der Waals surface area (Å²) in [5, 5.41) is -0.876. The molecule has 2 fully saturated rings. The van der Waals surface area contributed by atoms with E-state index >= 15 is 0 Å². The summed E-state index contributed by atoms with van der Waals surface area (Å²) in [6.45, 7) is 1.87. The zero-order chi connectivity index (χ0) is 14.6. The van der Waals surface area contributed by atoms with Crippen molar-refractivity contribution in [2.24, 2.45) is 5.92 Å². The molecule has 0 aromatic heterocycles. The van der Waals surface area contributed by atoms with E-state index in [1.165, 1.54) is 0 Å². The summed E-state index contributed by atoms with van der Waals surface area (Å²) < 4.78 is 83.2. The van der Waals surface area contributed by atoms with Crippen molar-refractivity contribution in [2.45, 2.75) is 48.8 Å². The molecular weight excluding hydrogens is 300 g/mol. The molecule has 2 nitrogen and oxygen atoms in total. The Kier molecular flexibility index (Phi) is 3.51. The normalized spacial score (nSPS) is 37.9. The van der Waals surface area contributed by atoms with Crippen LogP contribution in [0.25, 0.3) is 0 Å². The smallest absolute Gasteiger partial charge is 0.372 e. The summed E-state index contributed by atoms with van der Waals surface area (Å²) in [6, 6.07) is -1.02. The van der Waals surface area contributed by atoms with Crippen molar-refractivity contribution in [1.82, 2.24) is 0 Å². The molecule has 2 bridgehead atoms. The third kappa shape index (κ3) is 1.94. The van der Waals surface area contributed by atoms with Gasteiger partial charge in [0.1, 0.15) is 12.1 Å². The van der Waals surface area contributed by atoms with Gasteiger partial charge in [-0.25, -0.2) is 0 Å². The van der Waals surface area contributed by atoms with Crippen LogP contribution in [0.15, 0.2) is 0 Å². The topological polar surface area (TPSA) is 25.8 Å². The minimum Gasteiger partial charge on any atom is -0.372 e. The van der Waals surface area contributed by atoms with Crippen LogP contribution in [0, 0.1) is 5.92 Å². The molecule has 1 saturated carbocycles. The van der Waals surface area contributed by atoms with Crippen molar-refractivity contribution in [3.63, 3.8) is 0 Å². The predicted molar refractivity (Wildman–Crippen MR) is 53.7 cm³/mol. The van der Waals surface area contributed by atoms with Gasteiger partial charge >= 0.3 is 12.4 Å². The lowest BCUT2D eigenvalue weighted by Crippen LogP contribution is -3.07. The third-order valence-corrected chi connectivity index (χ3v) is 4.62. The van der Waals surface area contributed by atoms with Crippen molar-refractivity contribution in [3.8, 4) is 0 Å². The summed E-state index contributed by atoms with van der Waals surface area (Å²) in [4.78, 5) is 0. The van der Waals surface area contributed by atoms with Crippen LogP contribution in [0.3, 0.4) is 0 Å². The maximum atomic E-state index is 13.0. The quantitative estimate of drug-likeness (QED) is 0.611. The molecule has 19 heavy (non-hydrogen) atoms. The maximum Gasteiger partial charge on any atom is 0.454 e. The standard InChI is InChI=1S/C10H12ClF6NO/c1-2-19-5-3-4-6(11)7(5)18-8(4,9(12,13)14)10(15,16)17/h4-7,18H,2-3H2,1H3/p+1/t4-,5-,6-,7+/m0/s1. The van der Waals surface area contributed by atoms with Crippen LogP contribution >= 0.6 is 11.6 Å². The molecule has 0 unspecified atom stereocenters. The van der Waals surface area contributed by atoms with Crippen LogP contribution in [0.4, 0.5) is 26.3 Å². The van der Waals surface area contributed by atoms with Crippen LogP contribution in [-0.4, -0.2) is 42.0 Å². The van der Waals surface area contributed by atoms with E-state index in [0.29, 0.717) is 5.32 Å². The maximum absolute atomic E-state index is 13.0. The van der Waals surface area contributed by atoms with Gasteiger partial charge in [0.2, 0.25) is 0 Å². The average Bonchev–Trinajstić information content (AvgIpc) is 2.68. The van der Waals surface area contributed by atoms with Crippen molar-refractivity contribution in [1.29, 1.82) is 0 Å².